The van der Waals surface area contributed by atoms with E-state index in [0.717, 1.165) is 17.7 Å². The fourth-order valence-electron chi connectivity index (χ4n) is 2.71. The van der Waals surface area contributed by atoms with Gasteiger partial charge in [-0.15, -0.1) is 21.5 Å². The number of likely N-dealkylation sites (tertiary alicyclic amines) is 1. The highest BCUT2D eigenvalue weighted by molar-refractivity contribution is 7.13. The van der Waals surface area contributed by atoms with Crippen molar-refractivity contribution in [1.29, 1.82) is 0 Å². The van der Waals surface area contributed by atoms with Crippen LogP contribution in [0.1, 0.15) is 12.8 Å². The first kappa shape index (κ1) is 12.9. The molecule has 1 amide bonds. The number of hydrogen-bond acceptors (Lipinski definition) is 6. The SMILES string of the molecule is O=C(Cn1nnc(-c2cccs2)n1)N1CC(O)(C2CC2)C1. The third-order valence-electron chi connectivity index (χ3n) is 4.09. The summed E-state index contributed by atoms with van der Waals surface area (Å²) in [6.45, 7) is 0.936. The van der Waals surface area contributed by atoms with Crippen molar-refractivity contribution in [3.63, 3.8) is 0 Å². The Bertz CT molecular complexity index is 658. The van der Waals surface area contributed by atoms with Crippen LogP contribution >= 0.6 is 11.3 Å². The molecule has 1 saturated carbocycles. The van der Waals surface area contributed by atoms with Crippen LogP contribution in [0.3, 0.4) is 0 Å². The number of thiophene rings is 1. The van der Waals surface area contributed by atoms with Gasteiger partial charge in [-0.3, -0.25) is 4.79 Å². The van der Waals surface area contributed by atoms with Crippen LogP contribution in [0.5, 0.6) is 0 Å². The number of amides is 1. The molecular weight excluding hydrogens is 290 g/mol. The molecule has 1 aliphatic carbocycles. The van der Waals surface area contributed by atoms with Gasteiger partial charge in [0.05, 0.1) is 18.0 Å². The van der Waals surface area contributed by atoms with Crippen LogP contribution in [0.4, 0.5) is 0 Å². The summed E-state index contributed by atoms with van der Waals surface area (Å²) in [6, 6.07) is 3.84. The van der Waals surface area contributed by atoms with Crippen LogP contribution in [-0.2, 0) is 11.3 Å². The number of aromatic nitrogens is 4. The van der Waals surface area contributed by atoms with Crippen molar-refractivity contribution >= 4 is 17.2 Å². The van der Waals surface area contributed by atoms with Gasteiger partial charge in [-0.2, -0.15) is 4.80 Å². The number of hydrogen-bond donors (Lipinski definition) is 1. The molecule has 1 N–H and O–H groups in total. The molecule has 2 aromatic rings. The predicted octanol–water partition coefficient (Wildman–Crippen LogP) is 0.385. The summed E-state index contributed by atoms with van der Waals surface area (Å²) in [5, 5.41) is 24.2. The Morgan fingerprint density at radius 3 is 2.95 bits per heavy atom. The quantitative estimate of drug-likeness (QED) is 0.883. The molecule has 0 bridgehead atoms. The molecule has 0 unspecified atom stereocenters. The monoisotopic (exact) mass is 305 g/mol. The molecule has 2 aliphatic rings. The maximum Gasteiger partial charge on any atom is 0.246 e. The molecule has 2 fully saturated rings. The predicted molar refractivity (Wildman–Crippen MR) is 75.4 cm³/mol. The van der Waals surface area contributed by atoms with Crippen LogP contribution in [-0.4, -0.2) is 54.8 Å². The molecule has 3 heterocycles. The Hall–Kier alpha value is -1.80. The fourth-order valence-corrected chi connectivity index (χ4v) is 3.35. The normalized spacial score (nSPS) is 20.3. The van der Waals surface area contributed by atoms with Gasteiger partial charge in [0.1, 0.15) is 12.1 Å². The van der Waals surface area contributed by atoms with Crippen molar-refractivity contribution in [3.05, 3.63) is 17.5 Å². The van der Waals surface area contributed by atoms with E-state index in [1.165, 1.54) is 16.1 Å². The van der Waals surface area contributed by atoms with Crippen molar-refractivity contribution in [1.82, 2.24) is 25.1 Å². The lowest BCUT2D eigenvalue weighted by Gasteiger charge is -2.46. The van der Waals surface area contributed by atoms with Gasteiger partial charge < -0.3 is 10.0 Å². The molecule has 1 saturated heterocycles. The highest BCUT2D eigenvalue weighted by atomic mass is 32.1. The lowest BCUT2D eigenvalue weighted by atomic mass is 9.89. The zero-order chi connectivity index (χ0) is 14.4. The van der Waals surface area contributed by atoms with E-state index in [1.54, 1.807) is 4.90 Å². The van der Waals surface area contributed by atoms with Crippen molar-refractivity contribution in [2.75, 3.05) is 13.1 Å². The number of tetrazole rings is 1. The first-order valence-electron chi connectivity index (χ1n) is 6.96. The van der Waals surface area contributed by atoms with Crippen LogP contribution in [0.25, 0.3) is 10.7 Å². The van der Waals surface area contributed by atoms with E-state index in [9.17, 15) is 9.90 Å². The zero-order valence-electron chi connectivity index (χ0n) is 11.3. The van der Waals surface area contributed by atoms with Gasteiger partial charge in [0.25, 0.3) is 0 Å². The highest BCUT2D eigenvalue weighted by Crippen LogP contribution is 2.44. The summed E-state index contributed by atoms with van der Waals surface area (Å²) in [4.78, 5) is 16.0. The summed E-state index contributed by atoms with van der Waals surface area (Å²) in [5.41, 5.74) is -0.645. The average molecular weight is 305 g/mol. The second-order valence-electron chi connectivity index (χ2n) is 5.75. The van der Waals surface area contributed by atoms with E-state index < -0.39 is 5.60 Å². The standard InChI is InChI=1S/C13H15N5O2S/c19-11(17-7-13(20,8-17)9-3-4-9)6-18-15-12(14-16-18)10-2-1-5-21-10/h1-2,5,9,20H,3-4,6-8H2. The summed E-state index contributed by atoms with van der Waals surface area (Å²) in [6.07, 6.45) is 2.15. The van der Waals surface area contributed by atoms with Crippen molar-refractivity contribution < 1.29 is 9.90 Å². The van der Waals surface area contributed by atoms with E-state index in [1.807, 2.05) is 17.5 Å². The maximum absolute atomic E-state index is 12.1. The maximum atomic E-state index is 12.1. The van der Waals surface area contributed by atoms with Gasteiger partial charge in [0.2, 0.25) is 11.7 Å². The van der Waals surface area contributed by atoms with E-state index in [2.05, 4.69) is 15.4 Å². The molecule has 0 atom stereocenters. The van der Waals surface area contributed by atoms with Crippen LogP contribution in [0, 0.1) is 5.92 Å². The molecule has 110 valence electrons. The van der Waals surface area contributed by atoms with Gasteiger partial charge in [0, 0.05) is 0 Å². The lowest BCUT2D eigenvalue weighted by Crippen LogP contribution is -2.65. The fraction of sp³-hybridized carbons (Fsp3) is 0.538. The topological polar surface area (TPSA) is 84.1 Å². The molecule has 8 heteroatoms. The highest BCUT2D eigenvalue weighted by Gasteiger charge is 2.53. The molecule has 1 aliphatic heterocycles. The van der Waals surface area contributed by atoms with Crippen LogP contribution in [0.2, 0.25) is 0 Å². The van der Waals surface area contributed by atoms with Crippen molar-refractivity contribution in [2.45, 2.75) is 25.0 Å². The van der Waals surface area contributed by atoms with Crippen molar-refractivity contribution in [3.8, 4) is 10.7 Å². The average Bonchev–Trinajstić information content (AvgIpc) is 2.96. The number of aliphatic hydroxyl groups is 1. The molecule has 0 spiro atoms. The summed E-state index contributed by atoms with van der Waals surface area (Å²) in [7, 11) is 0. The Labute approximate surface area is 125 Å². The summed E-state index contributed by atoms with van der Waals surface area (Å²) >= 11 is 1.53. The zero-order valence-corrected chi connectivity index (χ0v) is 12.2. The summed E-state index contributed by atoms with van der Waals surface area (Å²) < 4.78 is 0. The largest absolute Gasteiger partial charge is 0.386 e. The lowest BCUT2D eigenvalue weighted by molar-refractivity contribution is -0.160. The third kappa shape index (κ3) is 2.34. The van der Waals surface area contributed by atoms with Gasteiger partial charge in [-0.25, -0.2) is 0 Å². The number of rotatable bonds is 4. The Morgan fingerprint density at radius 1 is 1.48 bits per heavy atom. The minimum atomic E-state index is -0.645. The molecular formula is C13H15N5O2S. The van der Waals surface area contributed by atoms with E-state index in [-0.39, 0.29) is 12.5 Å². The number of nitrogens with zero attached hydrogens (tertiary/aromatic N) is 5. The number of β-amino-alcohol motifs (C(OH)–C–C–N with tert-alkyl or cyclic N) is 1. The molecule has 4 rings (SSSR count). The van der Waals surface area contributed by atoms with Crippen LogP contribution < -0.4 is 0 Å². The Morgan fingerprint density at radius 2 is 2.29 bits per heavy atom. The molecule has 2 aromatic heterocycles. The van der Waals surface area contributed by atoms with Gasteiger partial charge in [-0.05, 0) is 35.4 Å². The molecule has 7 nitrogen and oxygen atoms in total. The second-order valence-corrected chi connectivity index (χ2v) is 6.70. The minimum Gasteiger partial charge on any atom is -0.386 e. The Balaban J connectivity index is 1.37. The van der Waals surface area contributed by atoms with Crippen molar-refractivity contribution in [2.24, 2.45) is 5.92 Å². The minimum absolute atomic E-state index is 0.0686. The number of carbonyl (C=O) groups excluding carboxylic acids is 1. The number of carbonyl (C=O) groups is 1. The Kier molecular flexibility index (Phi) is 2.83. The summed E-state index contributed by atoms with van der Waals surface area (Å²) in [5.74, 6) is 0.850. The van der Waals surface area contributed by atoms with Gasteiger partial charge in [0.15, 0.2) is 0 Å². The molecule has 21 heavy (non-hydrogen) atoms. The first-order chi connectivity index (χ1) is 10.1. The van der Waals surface area contributed by atoms with E-state index in [4.69, 9.17) is 0 Å². The van der Waals surface area contributed by atoms with Crippen LogP contribution in [0.15, 0.2) is 17.5 Å². The van der Waals surface area contributed by atoms with E-state index in [0.29, 0.717) is 24.8 Å². The third-order valence-corrected chi connectivity index (χ3v) is 4.96. The smallest absolute Gasteiger partial charge is 0.246 e. The first-order valence-corrected chi connectivity index (χ1v) is 7.84. The van der Waals surface area contributed by atoms with E-state index >= 15 is 0 Å². The molecule has 0 radical (unpaired) electrons. The molecule has 0 aromatic carbocycles. The van der Waals surface area contributed by atoms with Gasteiger partial charge in [-0.1, -0.05) is 6.07 Å². The van der Waals surface area contributed by atoms with Gasteiger partial charge >= 0.3 is 0 Å². The second kappa shape index (κ2) is 4.60.